The maximum atomic E-state index is 15.2. The summed E-state index contributed by atoms with van der Waals surface area (Å²) >= 11 is 0. The SMILES string of the molecule is C=CC1CCC(c2cc(F)c(C3CCC(C4CCC(c5cc(F)c(C)c(F)c5)CC4)CC3)c(F)c2)CC1. The van der Waals surface area contributed by atoms with Crippen LogP contribution in [0, 0.1) is 47.9 Å². The van der Waals surface area contributed by atoms with E-state index >= 15 is 8.78 Å². The Labute approximate surface area is 219 Å². The molecule has 0 saturated heterocycles. The van der Waals surface area contributed by atoms with Gasteiger partial charge in [0.25, 0.3) is 0 Å². The first-order chi connectivity index (χ1) is 17.8. The molecule has 0 N–H and O–H groups in total. The number of allylic oxidation sites excluding steroid dienone is 1. The Kier molecular flexibility index (Phi) is 8.12. The molecule has 0 spiro atoms. The minimum absolute atomic E-state index is 0.0448. The van der Waals surface area contributed by atoms with Crippen molar-refractivity contribution in [1.82, 2.24) is 0 Å². The molecule has 3 aliphatic rings. The molecule has 37 heavy (non-hydrogen) atoms. The van der Waals surface area contributed by atoms with Gasteiger partial charge in [-0.25, -0.2) is 17.6 Å². The van der Waals surface area contributed by atoms with Crippen molar-refractivity contribution in [2.45, 2.75) is 102 Å². The van der Waals surface area contributed by atoms with Crippen LogP contribution in [0.25, 0.3) is 0 Å². The molecule has 0 aliphatic heterocycles. The number of rotatable bonds is 5. The van der Waals surface area contributed by atoms with E-state index in [-0.39, 0.29) is 35.0 Å². The molecule has 0 bridgehead atoms. The third kappa shape index (κ3) is 5.68. The molecule has 200 valence electrons. The van der Waals surface area contributed by atoms with Crippen LogP contribution in [0.1, 0.15) is 117 Å². The zero-order valence-electron chi connectivity index (χ0n) is 22.1. The van der Waals surface area contributed by atoms with Crippen LogP contribution in [0.5, 0.6) is 0 Å². The van der Waals surface area contributed by atoms with Gasteiger partial charge >= 0.3 is 0 Å². The van der Waals surface area contributed by atoms with Gasteiger partial charge in [0, 0.05) is 11.1 Å². The number of halogens is 4. The van der Waals surface area contributed by atoms with E-state index in [4.69, 9.17) is 0 Å². The van der Waals surface area contributed by atoms with E-state index in [9.17, 15) is 8.78 Å². The lowest BCUT2D eigenvalue weighted by Crippen LogP contribution is -2.25. The fraction of sp³-hybridized carbons (Fsp3) is 0.576. The molecule has 0 heterocycles. The lowest BCUT2D eigenvalue weighted by molar-refractivity contribution is 0.175. The second-order valence-electron chi connectivity index (χ2n) is 12.1. The summed E-state index contributed by atoms with van der Waals surface area (Å²) in [7, 11) is 0. The normalized spacial score (nSPS) is 30.7. The van der Waals surface area contributed by atoms with Crippen molar-refractivity contribution in [2.24, 2.45) is 17.8 Å². The van der Waals surface area contributed by atoms with Crippen molar-refractivity contribution in [3.05, 3.63) is 82.4 Å². The number of hydrogen-bond acceptors (Lipinski definition) is 0. The molecule has 0 atom stereocenters. The molecular weight excluding hydrogens is 472 g/mol. The maximum Gasteiger partial charge on any atom is 0.129 e. The van der Waals surface area contributed by atoms with E-state index < -0.39 is 11.6 Å². The predicted octanol–water partition coefficient (Wildman–Crippen LogP) is 10.3. The minimum Gasteiger partial charge on any atom is -0.207 e. The quantitative estimate of drug-likeness (QED) is 0.276. The summed E-state index contributed by atoms with van der Waals surface area (Å²) in [6, 6.07) is 6.24. The fourth-order valence-corrected chi connectivity index (χ4v) is 7.62. The summed E-state index contributed by atoms with van der Waals surface area (Å²) < 4.78 is 58.5. The molecule has 3 saturated carbocycles. The van der Waals surface area contributed by atoms with Gasteiger partial charge in [0.15, 0.2) is 0 Å². The highest BCUT2D eigenvalue weighted by Gasteiger charge is 2.34. The van der Waals surface area contributed by atoms with E-state index in [1.165, 1.54) is 19.1 Å². The van der Waals surface area contributed by atoms with Crippen molar-refractivity contribution < 1.29 is 17.6 Å². The highest BCUT2D eigenvalue weighted by Crippen LogP contribution is 2.47. The van der Waals surface area contributed by atoms with Crippen molar-refractivity contribution in [1.29, 1.82) is 0 Å². The van der Waals surface area contributed by atoms with Crippen molar-refractivity contribution in [3.8, 4) is 0 Å². The standard InChI is InChI=1S/C33H40F4/c1-3-21-4-6-24(7-5-21)28-18-31(36)33(32(37)19-28)26-14-12-23(13-15-26)22-8-10-25(11-9-22)27-16-29(34)20(2)30(35)17-27/h3,16-19,21-26H,1,4-15H2,2H3. The van der Waals surface area contributed by atoms with Gasteiger partial charge in [-0.3, -0.25) is 0 Å². The molecule has 3 aliphatic carbocycles. The summed E-state index contributed by atoms with van der Waals surface area (Å²) in [6.45, 7) is 5.36. The van der Waals surface area contributed by atoms with Gasteiger partial charge in [-0.15, -0.1) is 6.58 Å². The highest BCUT2D eigenvalue weighted by atomic mass is 19.1. The van der Waals surface area contributed by atoms with E-state index in [0.29, 0.717) is 23.3 Å². The highest BCUT2D eigenvalue weighted by molar-refractivity contribution is 5.32. The molecule has 0 radical (unpaired) electrons. The van der Waals surface area contributed by atoms with Crippen LogP contribution in [0.3, 0.4) is 0 Å². The average molecular weight is 513 g/mol. The second kappa shape index (κ2) is 11.3. The Morgan fingerprint density at radius 2 is 0.946 bits per heavy atom. The van der Waals surface area contributed by atoms with Gasteiger partial charge in [-0.1, -0.05) is 6.08 Å². The Morgan fingerprint density at radius 3 is 1.38 bits per heavy atom. The summed E-state index contributed by atoms with van der Waals surface area (Å²) in [5.74, 6) is 0.490. The molecule has 0 amide bonds. The van der Waals surface area contributed by atoms with Crippen molar-refractivity contribution in [3.63, 3.8) is 0 Å². The molecule has 5 rings (SSSR count). The van der Waals surface area contributed by atoms with Crippen molar-refractivity contribution >= 4 is 0 Å². The summed E-state index contributed by atoms with van der Waals surface area (Å²) in [4.78, 5) is 0. The number of benzene rings is 2. The molecule has 4 heteroatoms. The largest absolute Gasteiger partial charge is 0.207 e. The molecule has 3 fully saturated rings. The zero-order chi connectivity index (χ0) is 26.1. The van der Waals surface area contributed by atoms with Crippen LogP contribution in [-0.2, 0) is 0 Å². The van der Waals surface area contributed by atoms with Crippen LogP contribution < -0.4 is 0 Å². The molecule has 0 nitrogen and oxygen atoms in total. The summed E-state index contributed by atoms with van der Waals surface area (Å²) in [5, 5.41) is 0. The second-order valence-corrected chi connectivity index (χ2v) is 12.1. The van der Waals surface area contributed by atoms with Gasteiger partial charge in [0.05, 0.1) is 0 Å². The van der Waals surface area contributed by atoms with Crippen LogP contribution in [0.2, 0.25) is 0 Å². The van der Waals surface area contributed by atoms with Crippen LogP contribution >= 0.6 is 0 Å². The van der Waals surface area contributed by atoms with Gasteiger partial charge < -0.3 is 0 Å². The lowest BCUT2D eigenvalue weighted by atomic mass is 9.67. The van der Waals surface area contributed by atoms with Gasteiger partial charge in [-0.2, -0.15) is 0 Å². The van der Waals surface area contributed by atoms with Crippen LogP contribution in [-0.4, -0.2) is 0 Å². The first-order valence-electron chi connectivity index (χ1n) is 14.4. The smallest absolute Gasteiger partial charge is 0.129 e. The third-order valence-electron chi connectivity index (χ3n) is 10.1. The van der Waals surface area contributed by atoms with E-state index in [1.807, 2.05) is 6.08 Å². The van der Waals surface area contributed by atoms with Crippen molar-refractivity contribution in [2.75, 3.05) is 0 Å². The van der Waals surface area contributed by atoms with Gasteiger partial charge in [0.2, 0.25) is 0 Å². The van der Waals surface area contributed by atoms with Crippen LogP contribution in [0.4, 0.5) is 17.6 Å². The van der Waals surface area contributed by atoms with Gasteiger partial charge in [0.1, 0.15) is 23.3 Å². The monoisotopic (exact) mass is 512 g/mol. The molecular formula is C33H40F4. The fourth-order valence-electron chi connectivity index (χ4n) is 7.62. The Hall–Kier alpha value is -2.10. The zero-order valence-corrected chi connectivity index (χ0v) is 22.1. The Bertz CT molecular complexity index is 1050. The summed E-state index contributed by atoms with van der Waals surface area (Å²) in [5.41, 5.74) is 1.99. The first kappa shape index (κ1) is 26.5. The first-order valence-corrected chi connectivity index (χ1v) is 14.4. The molecule has 2 aromatic rings. The molecule has 2 aromatic carbocycles. The Balaban J connectivity index is 1.16. The van der Waals surface area contributed by atoms with E-state index in [0.717, 1.165) is 88.2 Å². The maximum absolute atomic E-state index is 15.2. The minimum atomic E-state index is -0.456. The predicted molar refractivity (Wildman–Crippen MR) is 142 cm³/mol. The number of hydrogen-bond donors (Lipinski definition) is 0. The Morgan fingerprint density at radius 1 is 0.568 bits per heavy atom. The molecule has 0 unspecified atom stereocenters. The lowest BCUT2D eigenvalue weighted by Gasteiger charge is -2.38. The van der Waals surface area contributed by atoms with Crippen LogP contribution in [0.15, 0.2) is 36.9 Å². The average Bonchev–Trinajstić information content (AvgIpc) is 2.91. The summed E-state index contributed by atoms with van der Waals surface area (Å²) in [6.07, 6.45) is 13.7. The topological polar surface area (TPSA) is 0 Å². The van der Waals surface area contributed by atoms with E-state index in [1.54, 1.807) is 12.1 Å². The third-order valence-corrected chi connectivity index (χ3v) is 10.1. The van der Waals surface area contributed by atoms with Gasteiger partial charge in [-0.05, 0) is 155 Å². The molecule has 0 aromatic heterocycles. The van der Waals surface area contributed by atoms with E-state index in [2.05, 4.69) is 6.58 Å².